The summed E-state index contributed by atoms with van der Waals surface area (Å²) in [5, 5.41) is 3.04. The number of amides is 1. The van der Waals surface area contributed by atoms with Crippen molar-refractivity contribution in [3.63, 3.8) is 0 Å². The second kappa shape index (κ2) is 6.49. The Kier molecular flexibility index (Phi) is 4.70. The molecule has 1 heterocycles. The molecule has 0 aliphatic rings. The topological polar surface area (TPSA) is 68.0 Å². The maximum absolute atomic E-state index is 13.6. The average Bonchev–Trinajstić information content (AvgIpc) is 2.40. The van der Waals surface area contributed by atoms with E-state index >= 15 is 0 Å². The van der Waals surface area contributed by atoms with Gasteiger partial charge in [-0.3, -0.25) is 4.79 Å². The molecule has 21 heavy (non-hydrogen) atoms. The van der Waals surface area contributed by atoms with Crippen LogP contribution in [0.4, 0.5) is 14.5 Å². The smallest absolute Gasteiger partial charge is 0.221 e. The van der Waals surface area contributed by atoms with Crippen molar-refractivity contribution >= 4 is 23.2 Å². The van der Waals surface area contributed by atoms with Crippen molar-refractivity contribution in [1.82, 2.24) is 4.98 Å². The predicted molar refractivity (Wildman–Crippen MR) is 75.8 cm³/mol. The maximum atomic E-state index is 13.6. The van der Waals surface area contributed by atoms with E-state index in [9.17, 15) is 13.6 Å². The zero-order valence-corrected chi connectivity index (χ0v) is 11.6. The van der Waals surface area contributed by atoms with E-state index in [1.165, 1.54) is 30.5 Å². The molecule has 0 saturated carbocycles. The minimum Gasteiger partial charge on any atom is -0.380 e. The summed E-state index contributed by atoms with van der Waals surface area (Å²) in [6.07, 6.45) is 1.35. The van der Waals surface area contributed by atoms with Crippen LogP contribution >= 0.6 is 11.6 Å². The van der Waals surface area contributed by atoms with E-state index in [4.69, 9.17) is 17.3 Å². The van der Waals surface area contributed by atoms with Crippen molar-refractivity contribution in [1.29, 1.82) is 0 Å². The van der Waals surface area contributed by atoms with E-state index < -0.39 is 17.5 Å². The Balaban J connectivity index is 2.23. The molecule has 1 aromatic carbocycles. The first-order chi connectivity index (χ1) is 9.97. The van der Waals surface area contributed by atoms with Gasteiger partial charge in [0, 0.05) is 29.6 Å². The van der Waals surface area contributed by atoms with E-state index in [0.29, 0.717) is 11.3 Å². The zero-order valence-electron chi connectivity index (χ0n) is 10.9. The third-order valence-corrected chi connectivity index (χ3v) is 3.04. The summed E-state index contributed by atoms with van der Waals surface area (Å²) < 4.78 is 27.1. The van der Waals surface area contributed by atoms with Gasteiger partial charge in [-0.25, -0.2) is 13.8 Å². The van der Waals surface area contributed by atoms with E-state index in [-0.39, 0.29) is 23.7 Å². The molecular weight excluding hydrogens is 300 g/mol. The van der Waals surface area contributed by atoms with Gasteiger partial charge < -0.3 is 11.1 Å². The molecule has 0 bridgehead atoms. The normalized spacial score (nSPS) is 10.4. The molecule has 4 nitrogen and oxygen atoms in total. The Morgan fingerprint density at radius 2 is 2.00 bits per heavy atom. The zero-order chi connectivity index (χ0) is 15.4. The third-order valence-electron chi connectivity index (χ3n) is 2.84. The number of nitrogens with one attached hydrogen (secondary N) is 1. The van der Waals surface area contributed by atoms with E-state index in [1.807, 2.05) is 0 Å². The number of rotatable bonds is 5. The lowest BCUT2D eigenvalue weighted by atomic mass is 10.1. The first-order valence-corrected chi connectivity index (χ1v) is 6.44. The highest BCUT2D eigenvalue weighted by molar-refractivity contribution is 6.29. The number of pyridine rings is 1. The average molecular weight is 312 g/mol. The van der Waals surface area contributed by atoms with Gasteiger partial charge >= 0.3 is 0 Å². The number of hydrogen-bond donors (Lipinski definition) is 2. The highest BCUT2D eigenvalue weighted by atomic mass is 35.5. The van der Waals surface area contributed by atoms with Gasteiger partial charge in [0.05, 0.1) is 6.42 Å². The predicted octanol–water partition coefficient (Wildman–Crippen LogP) is 2.65. The standard InChI is InChI=1S/C14H12ClF2N3O/c15-13-5-12(8(6-20-13)4-14(18)21)19-7-9-10(16)2-1-3-11(9)17/h1-3,5-6H,4,7H2,(H2,18,21)(H,19,20). The minimum absolute atomic E-state index is 0.0493. The second-order valence-corrected chi connectivity index (χ2v) is 4.75. The van der Waals surface area contributed by atoms with Crippen LogP contribution in [0.2, 0.25) is 5.15 Å². The summed E-state index contributed by atoms with van der Waals surface area (Å²) in [6.45, 7) is -0.0926. The molecule has 0 atom stereocenters. The molecule has 0 unspecified atom stereocenters. The van der Waals surface area contributed by atoms with E-state index in [1.54, 1.807) is 0 Å². The molecule has 0 aliphatic carbocycles. The Morgan fingerprint density at radius 1 is 1.33 bits per heavy atom. The van der Waals surface area contributed by atoms with Gasteiger partial charge in [0.25, 0.3) is 0 Å². The summed E-state index contributed by atoms with van der Waals surface area (Å²) in [6, 6.07) is 5.10. The van der Waals surface area contributed by atoms with E-state index in [0.717, 1.165) is 0 Å². The number of nitrogens with two attached hydrogens (primary N) is 1. The molecule has 3 N–H and O–H groups in total. The Bertz CT molecular complexity index is 659. The van der Waals surface area contributed by atoms with Gasteiger partial charge in [0.2, 0.25) is 5.91 Å². The molecule has 2 rings (SSSR count). The van der Waals surface area contributed by atoms with Crippen LogP contribution in [0.3, 0.4) is 0 Å². The highest BCUT2D eigenvalue weighted by Gasteiger charge is 2.11. The molecule has 0 spiro atoms. The Morgan fingerprint density at radius 3 is 2.62 bits per heavy atom. The molecular formula is C14H12ClF2N3O. The fourth-order valence-electron chi connectivity index (χ4n) is 1.84. The molecule has 110 valence electrons. The lowest BCUT2D eigenvalue weighted by Crippen LogP contribution is -2.15. The molecule has 0 radical (unpaired) electrons. The van der Waals surface area contributed by atoms with Crippen molar-refractivity contribution < 1.29 is 13.6 Å². The largest absolute Gasteiger partial charge is 0.380 e. The van der Waals surface area contributed by atoms with Crippen LogP contribution in [0.15, 0.2) is 30.5 Å². The summed E-state index contributed by atoms with van der Waals surface area (Å²) >= 11 is 5.78. The molecule has 0 saturated heterocycles. The number of carbonyl (C=O) groups excluding carboxylic acids is 1. The lowest BCUT2D eigenvalue weighted by molar-refractivity contribution is -0.117. The number of halogens is 3. The van der Waals surface area contributed by atoms with E-state index in [2.05, 4.69) is 10.3 Å². The quantitative estimate of drug-likeness (QED) is 0.834. The Hall–Kier alpha value is -2.21. The van der Waals surface area contributed by atoms with Crippen LogP contribution in [-0.2, 0) is 17.8 Å². The molecule has 1 aromatic heterocycles. The van der Waals surface area contributed by atoms with Crippen molar-refractivity contribution in [2.45, 2.75) is 13.0 Å². The number of carbonyl (C=O) groups is 1. The lowest BCUT2D eigenvalue weighted by Gasteiger charge is -2.12. The summed E-state index contributed by atoms with van der Waals surface area (Å²) in [7, 11) is 0. The first kappa shape index (κ1) is 15.2. The summed E-state index contributed by atoms with van der Waals surface area (Å²) in [4.78, 5) is 14.9. The number of nitrogens with zero attached hydrogens (tertiary/aromatic N) is 1. The van der Waals surface area contributed by atoms with Crippen LogP contribution < -0.4 is 11.1 Å². The van der Waals surface area contributed by atoms with Gasteiger partial charge in [-0.05, 0) is 18.2 Å². The number of primary amides is 1. The number of benzene rings is 1. The van der Waals surface area contributed by atoms with Crippen LogP contribution in [0.5, 0.6) is 0 Å². The van der Waals surface area contributed by atoms with Crippen molar-refractivity contribution in [2.75, 3.05) is 5.32 Å². The Labute approximate surface area is 124 Å². The van der Waals surface area contributed by atoms with Crippen molar-refractivity contribution in [3.8, 4) is 0 Å². The van der Waals surface area contributed by atoms with Crippen molar-refractivity contribution in [2.24, 2.45) is 5.73 Å². The molecule has 0 fully saturated rings. The fraction of sp³-hybridized carbons (Fsp3) is 0.143. The number of anilines is 1. The first-order valence-electron chi connectivity index (χ1n) is 6.07. The van der Waals surface area contributed by atoms with Crippen LogP contribution in [0.25, 0.3) is 0 Å². The fourth-order valence-corrected chi connectivity index (χ4v) is 1.99. The summed E-state index contributed by atoms with van der Waals surface area (Å²) in [5.74, 6) is -1.85. The monoisotopic (exact) mass is 311 g/mol. The van der Waals surface area contributed by atoms with Gasteiger partial charge in [-0.2, -0.15) is 0 Å². The second-order valence-electron chi connectivity index (χ2n) is 4.36. The minimum atomic E-state index is -0.654. The highest BCUT2D eigenvalue weighted by Crippen LogP contribution is 2.21. The number of hydrogen-bond acceptors (Lipinski definition) is 3. The van der Waals surface area contributed by atoms with Crippen LogP contribution in [0.1, 0.15) is 11.1 Å². The number of aromatic nitrogens is 1. The van der Waals surface area contributed by atoms with Crippen LogP contribution in [-0.4, -0.2) is 10.9 Å². The molecule has 0 aliphatic heterocycles. The van der Waals surface area contributed by atoms with Crippen molar-refractivity contribution in [3.05, 3.63) is 58.4 Å². The van der Waals surface area contributed by atoms with Gasteiger partial charge in [-0.1, -0.05) is 17.7 Å². The SMILES string of the molecule is NC(=O)Cc1cnc(Cl)cc1NCc1c(F)cccc1F. The van der Waals surface area contributed by atoms with Gasteiger partial charge in [0.15, 0.2) is 0 Å². The molecule has 2 aromatic rings. The van der Waals surface area contributed by atoms with Gasteiger partial charge in [-0.15, -0.1) is 0 Å². The van der Waals surface area contributed by atoms with Gasteiger partial charge in [0.1, 0.15) is 16.8 Å². The molecule has 1 amide bonds. The molecule has 7 heteroatoms. The maximum Gasteiger partial charge on any atom is 0.221 e. The third kappa shape index (κ3) is 3.88. The summed E-state index contributed by atoms with van der Waals surface area (Å²) in [5.41, 5.74) is 6.00. The van der Waals surface area contributed by atoms with Crippen LogP contribution in [0, 0.1) is 11.6 Å².